The Hall–Kier alpha value is -2.05. The summed E-state index contributed by atoms with van der Waals surface area (Å²) in [5, 5.41) is 2.05. The summed E-state index contributed by atoms with van der Waals surface area (Å²) in [6.07, 6.45) is 3.46. The lowest BCUT2D eigenvalue weighted by atomic mass is 10.2. The molecule has 1 aromatic heterocycles. The molecule has 2 heterocycles. The van der Waals surface area contributed by atoms with Crippen LogP contribution in [0.15, 0.2) is 41.8 Å². The lowest BCUT2D eigenvalue weighted by Gasteiger charge is -2.25. The predicted octanol–water partition coefficient (Wildman–Crippen LogP) is 4.12. The third-order valence-electron chi connectivity index (χ3n) is 4.59. The minimum absolute atomic E-state index is 0.164. The molecule has 1 aliphatic heterocycles. The fraction of sp³-hybridized carbons (Fsp3) is 0.476. The first-order chi connectivity index (χ1) is 13.2. The second kappa shape index (κ2) is 10.3. The van der Waals surface area contributed by atoms with Gasteiger partial charge in [0.1, 0.15) is 11.5 Å². The number of hydrogen-bond donors (Lipinski definition) is 0. The predicted molar refractivity (Wildman–Crippen MR) is 106 cm³/mol. The molecule has 27 heavy (non-hydrogen) atoms. The van der Waals surface area contributed by atoms with Gasteiger partial charge in [-0.3, -0.25) is 4.79 Å². The Morgan fingerprint density at radius 3 is 2.74 bits per heavy atom. The average Bonchev–Trinajstić information content (AvgIpc) is 3.39. The largest absolute Gasteiger partial charge is 0.497 e. The molecule has 0 N–H and O–H groups in total. The van der Waals surface area contributed by atoms with Gasteiger partial charge in [-0.15, -0.1) is 11.3 Å². The normalized spacial score (nSPS) is 16.3. The molecule has 1 atom stereocenters. The summed E-state index contributed by atoms with van der Waals surface area (Å²) in [6.45, 7) is 2.66. The second-order valence-corrected chi connectivity index (χ2v) is 7.65. The Morgan fingerprint density at radius 1 is 1.26 bits per heavy atom. The summed E-state index contributed by atoms with van der Waals surface area (Å²) in [7, 11) is 1.64. The Bertz CT molecular complexity index is 681. The zero-order valence-electron chi connectivity index (χ0n) is 15.8. The molecular formula is C21H27NO4S. The summed E-state index contributed by atoms with van der Waals surface area (Å²) < 4.78 is 16.6. The van der Waals surface area contributed by atoms with Crippen LogP contribution in [-0.4, -0.2) is 43.8 Å². The van der Waals surface area contributed by atoms with Crippen LogP contribution in [0, 0.1) is 0 Å². The molecule has 1 aliphatic rings. The van der Waals surface area contributed by atoms with Gasteiger partial charge in [-0.25, -0.2) is 0 Å². The smallest absolute Gasteiger partial charge is 0.223 e. The minimum Gasteiger partial charge on any atom is -0.497 e. The van der Waals surface area contributed by atoms with Crippen molar-refractivity contribution in [2.45, 2.75) is 38.3 Å². The molecule has 0 aliphatic carbocycles. The number of nitrogens with zero attached hydrogens (tertiary/aromatic N) is 1. The molecule has 2 aromatic rings. The van der Waals surface area contributed by atoms with Gasteiger partial charge in [0.15, 0.2) is 0 Å². The number of thiophene rings is 1. The number of methoxy groups -OCH3 is 1. The Labute approximate surface area is 164 Å². The van der Waals surface area contributed by atoms with Crippen molar-refractivity contribution in [2.24, 2.45) is 0 Å². The lowest BCUT2D eigenvalue weighted by Crippen LogP contribution is -2.36. The van der Waals surface area contributed by atoms with Crippen molar-refractivity contribution in [1.82, 2.24) is 4.90 Å². The Kier molecular flexibility index (Phi) is 7.54. The number of rotatable bonds is 10. The average molecular weight is 390 g/mol. The van der Waals surface area contributed by atoms with Gasteiger partial charge < -0.3 is 19.1 Å². The van der Waals surface area contributed by atoms with E-state index in [9.17, 15) is 4.79 Å². The molecule has 0 spiro atoms. The van der Waals surface area contributed by atoms with Gasteiger partial charge in [0, 0.05) is 24.4 Å². The van der Waals surface area contributed by atoms with E-state index in [2.05, 4.69) is 6.07 Å². The minimum atomic E-state index is 0.164. The van der Waals surface area contributed by atoms with Crippen molar-refractivity contribution in [2.75, 3.05) is 26.9 Å². The number of ether oxygens (including phenoxy) is 3. The van der Waals surface area contributed by atoms with Crippen LogP contribution in [0.25, 0.3) is 0 Å². The third-order valence-corrected chi connectivity index (χ3v) is 5.45. The number of carbonyl (C=O) groups is 1. The van der Waals surface area contributed by atoms with Crippen LogP contribution in [0.5, 0.6) is 11.5 Å². The monoisotopic (exact) mass is 389 g/mol. The maximum absolute atomic E-state index is 12.8. The van der Waals surface area contributed by atoms with Gasteiger partial charge in [0.05, 0.1) is 26.4 Å². The van der Waals surface area contributed by atoms with Crippen LogP contribution in [0.3, 0.4) is 0 Å². The fourth-order valence-electron chi connectivity index (χ4n) is 3.12. The van der Waals surface area contributed by atoms with Gasteiger partial charge in [0.2, 0.25) is 5.91 Å². The molecule has 5 nitrogen and oxygen atoms in total. The molecule has 1 aromatic carbocycles. The maximum Gasteiger partial charge on any atom is 0.223 e. The van der Waals surface area contributed by atoms with Crippen LogP contribution in [0.4, 0.5) is 0 Å². The first-order valence-corrected chi connectivity index (χ1v) is 10.3. The van der Waals surface area contributed by atoms with E-state index in [1.807, 2.05) is 40.6 Å². The van der Waals surface area contributed by atoms with Crippen LogP contribution < -0.4 is 9.47 Å². The topological polar surface area (TPSA) is 48.0 Å². The highest BCUT2D eigenvalue weighted by atomic mass is 32.1. The number of carbonyl (C=O) groups excluding carboxylic acids is 1. The van der Waals surface area contributed by atoms with Gasteiger partial charge in [0.25, 0.3) is 0 Å². The standard InChI is InChI=1S/C21H27NO4S/c1-24-17-8-10-18(11-9-17)25-13-3-7-21(23)22(15-19-5-2-12-26-19)16-20-6-4-14-27-20/h4,6,8-11,14,19H,2-3,5,7,12-13,15-16H2,1H3. The van der Waals surface area contributed by atoms with E-state index >= 15 is 0 Å². The fourth-order valence-corrected chi connectivity index (χ4v) is 3.84. The van der Waals surface area contributed by atoms with Crippen molar-refractivity contribution in [3.8, 4) is 11.5 Å². The molecule has 1 saturated heterocycles. The zero-order chi connectivity index (χ0) is 18.9. The zero-order valence-corrected chi connectivity index (χ0v) is 16.6. The quantitative estimate of drug-likeness (QED) is 0.574. The van der Waals surface area contributed by atoms with E-state index in [-0.39, 0.29) is 12.0 Å². The van der Waals surface area contributed by atoms with Crippen molar-refractivity contribution < 1.29 is 19.0 Å². The van der Waals surface area contributed by atoms with E-state index < -0.39 is 0 Å². The van der Waals surface area contributed by atoms with Crippen molar-refractivity contribution >= 4 is 17.2 Å². The van der Waals surface area contributed by atoms with E-state index in [0.717, 1.165) is 30.9 Å². The molecule has 3 rings (SSSR count). The highest BCUT2D eigenvalue weighted by Crippen LogP contribution is 2.19. The van der Waals surface area contributed by atoms with Crippen LogP contribution in [-0.2, 0) is 16.1 Å². The molecular weight excluding hydrogens is 362 g/mol. The van der Waals surface area contributed by atoms with E-state index in [1.165, 1.54) is 4.88 Å². The number of amides is 1. The second-order valence-electron chi connectivity index (χ2n) is 6.62. The first kappa shape index (κ1) is 19.7. The molecule has 6 heteroatoms. The van der Waals surface area contributed by atoms with Gasteiger partial charge in [-0.05, 0) is 55.0 Å². The van der Waals surface area contributed by atoms with Gasteiger partial charge >= 0.3 is 0 Å². The molecule has 0 bridgehead atoms. The van der Waals surface area contributed by atoms with E-state index in [4.69, 9.17) is 14.2 Å². The summed E-state index contributed by atoms with van der Waals surface area (Å²) >= 11 is 1.69. The first-order valence-electron chi connectivity index (χ1n) is 9.43. The summed E-state index contributed by atoms with van der Waals surface area (Å²) in [6, 6.07) is 11.6. The Morgan fingerprint density at radius 2 is 2.07 bits per heavy atom. The van der Waals surface area contributed by atoms with E-state index in [0.29, 0.717) is 32.5 Å². The van der Waals surface area contributed by atoms with Crippen LogP contribution in [0.2, 0.25) is 0 Å². The molecule has 146 valence electrons. The van der Waals surface area contributed by atoms with Crippen molar-refractivity contribution in [1.29, 1.82) is 0 Å². The molecule has 1 unspecified atom stereocenters. The summed E-state index contributed by atoms with van der Waals surface area (Å²) in [4.78, 5) is 15.9. The number of benzene rings is 1. The van der Waals surface area contributed by atoms with Gasteiger partial charge in [-0.2, -0.15) is 0 Å². The highest BCUT2D eigenvalue weighted by Gasteiger charge is 2.22. The summed E-state index contributed by atoms with van der Waals surface area (Å²) in [5.41, 5.74) is 0. The molecule has 0 saturated carbocycles. The lowest BCUT2D eigenvalue weighted by molar-refractivity contribution is -0.133. The number of hydrogen-bond acceptors (Lipinski definition) is 5. The third kappa shape index (κ3) is 6.26. The maximum atomic E-state index is 12.8. The summed E-state index contributed by atoms with van der Waals surface area (Å²) in [5.74, 6) is 1.76. The van der Waals surface area contributed by atoms with E-state index in [1.54, 1.807) is 18.4 Å². The SMILES string of the molecule is COc1ccc(OCCCC(=O)N(Cc2cccs2)CC2CCCO2)cc1. The molecule has 1 fully saturated rings. The van der Waals surface area contributed by atoms with Crippen molar-refractivity contribution in [3.05, 3.63) is 46.7 Å². The van der Waals surface area contributed by atoms with Crippen LogP contribution >= 0.6 is 11.3 Å². The molecule has 0 radical (unpaired) electrons. The Balaban J connectivity index is 1.45. The van der Waals surface area contributed by atoms with Crippen LogP contribution in [0.1, 0.15) is 30.6 Å². The van der Waals surface area contributed by atoms with Crippen molar-refractivity contribution in [3.63, 3.8) is 0 Å². The van der Waals surface area contributed by atoms with Gasteiger partial charge in [-0.1, -0.05) is 6.07 Å². The molecule has 1 amide bonds. The highest BCUT2D eigenvalue weighted by molar-refractivity contribution is 7.09.